The lowest BCUT2D eigenvalue weighted by Gasteiger charge is -2.28. The molecule has 0 spiro atoms. The molecule has 11 heterocycles. The molecule has 130 heavy (non-hydrogen) atoms. The van der Waals surface area contributed by atoms with Crippen molar-refractivity contribution in [1.82, 2.24) is 86.4 Å². The number of ether oxygens (including phenoxy) is 6. The lowest BCUT2D eigenvalue weighted by atomic mass is 9.94. The highest BCUT2D eigenvalue weighted by molar-refractivity contribution is 7.86. The highest BCUT2D eigenvalue weighted by atomic mass is 32.2. The summed E-state index contributed by atoms with van der Waals surface area (Å²) in [6, 6.07) is 33.5. The number of benzene rings is 3. The van der Waals surface area contributed by atoms with Crippen LogP contribution in [0.5, 0.6) is 52.1 Å². The molecule has 8 N–H and O–H groups in total. The van der Waals surface area contributed by atoms with Crippen molar-refractivity contribution >= 4 is 48.1 Å². The minimum absolute atomic E-state index is 0. The van der Waals surface area contributed by atoms with Gasteiger partial charge < -0.3 is 55.0 Å². The van der Waals surface area contributed by atoms with Crippen LogP contribution in [0.2, 0.25) is 0 Å². The number of pyridine rings is 6. The number of carbonyl (C=O) groups is 3. The van der Waals surface area contributed by atoms with E-state index in [1.54, 1.807) is 147 Å². The van der Waals surface area contributed by atoms with Crippen molar-refractivity contribution in [3.63, 3.8) is 0 Å². The number of carbonyl (C=O) groups excluding carboxylic acids is 3. The Balaban J connectivity index is 0.000000186. The maximum Gasteiger partial charge on any atom is 0.294 e. The van der Waals surface area contributed by atoms with Crippen molar-refractivity contribution in [2.24, 2.45) is 5.92 Å². The molecule has 0 radical (unpaired) electrons. The van der Waals surface area contributed by atoms with Crippen LogP contribution in [0.3, 0.4) is 0 Å². The van der Waals surface area contributed by atoms with Gasteiger partial charge in [0, 0.05) is 135 Å². The maximum absolute atomic E-state index is 13.6. The van der Waals surface area contributed by atoms with Crippen LogP contribution in [0.4, 0.5) is 8.78 Å². The van der Waals surface area contributed by atoms with E-state index in [0.717, 1.165) is 49.0 Å². The number of hydrogen-bond acceptors (Lipinski definition) is 29. The minimum atomic E-state index is -4.02. The maximum atomic E-state index is 13.6. The molecule has 3 aliphatic rings. The second kappa shape index (κ2) is 49.2. The molecule has 40 heteroatoms. The second-order valence-electron chi connectivity index (χ2n) is 29.3. The van der Waals surface area contributed by atoms with E-state index in [1.807, 2.05) is 41.5 Å². The SMILES string of the molecule is C.CCOc1cccnc1Oc1cncc(-c2ncc(C(=O)N[C@@H]3CCC[C@@H](F)C3)cn2)c1.CCOc1cccnc1Oc1cncc(-c2ncc(C(=O)N[C@@H]3CNC[C@@H](C)C3)cn2)c1.CCOc1cccnc1Oc1cncc(-c2ncc(C(=O)N[C@@H]3CNC[C@@H](F)C3)cn2)c1.Cc1ccc(S(=O)(=O)O)cc1.Cc1ccc(S(=O)(=O)O)cc1.Cc1ccc(S(=O)(=O)O)cc1. The van der Waals surface area contributed by atoms with E-state index in [1.165, 1.54) is 73.6 Å². The lowest BCUT2D eigenvalue weighted by molar-refractivity contribution is 0.0905. The Bertz CT molecular complexity index is 5440. The summed E-state index contributed by atoms with van der Waals surface area (Å²) in [5.74, 6) is 4.93. The van der Waals surface area contributed by atoms with E-state index >= 15 is 0 Å². The van der Waals surface area contributed by atoms with E-state index in [-0.39, 0.29) is 64.4 Å². The third-order valence-corrected chi connectivity index (χ3v) is 21.5. The van der Waals surface area contributed by atoms with Gasteiger partial charge in [-0.1, -0.05) is 67.4 Å². The molecule has 3 aromatic carbocycles. The van der Waals surface area contributed by atoms with Crippen LogP contribution in [0, 0.1) is 26.7 Å². The molecule has 0 unspecified atom stereocenters. The Hall–Kier alpha value is -13.5. The summed E-state index contributed by atoms with van der Waals surface area (Å²) in [6.45, 7) is 17.4. The number of halogens is 2. The van der Waals surface area contributed by atoms with Gasteiger partial charge in [0.2, 0.25) is 0 Å². The van der Waals surface area contributed by atoms with Crippen LogP contribution < -0.4 is 55.0 Å². The van der Waals surface area contributed by atoms with Crippen LogP contribution in [-0.2, 0) is 30.4 Å². The molecule has 2 saturated heterocycles. The first-order valence-electron chi connectivity index (χ1n) is 40.7. The van der Waals surface area contributed by atoms with Gasteiger partial charge in [-0.15, -0.1) is 0 Å². The van der Waals surface area contributed by atoms with E-state index < -0.39 is 42.7 Å². The molecule has 2 aliphatic heterocycles. The number of aryl methyl sites for hydroxylation is 3. The average Bonchev–Trinajstić information content (AvgIpc) is 0.835. The zero-order valence-electron chi connectivity index (χ0n) is 71.3. The fourth-order valence-electron chi connectivity index (χ4n) is 12.5. The highest BCUT2D eigenvalue weighted by Crippen LogP contribution is 2.34. The Labute approximate surface area is 752 Å². The van der Waals surface area contributed by atoms with Crippen molar-refractivity contribution in [2.75, 3.05) is 46.0 Å². The predicted molar refractivity (Wildman–Crippen MR) is 478 cm³/mol. The number of amides is 3. The topological polar surface area (TPSA) is 485 Å². The van der Waals surface area contributed by atoms with Gasteiger partial charge in [0.25, 0.3) is 65.7 Å². The number of aromatic nitrogens is 12. The van der Waals surface area contributed by atoms with Crippen molar-refractivity contribution in [1.29, 1.82) is 0 Å². The molecular formula is C90H101F2N17O18S3. The fourth-order valence-corrected chi connectivity index (χ4v) is 14.0. The number of alkyl halides is 2. The van der Waals surface area contributed by atoms with Gasteiger partial charge in [0.1, 0.15) is 29.6 Å². The summed E-state index contributed by atoms with van der Waals surface area (Å²) in [5, 5.41) is 15.0. The number of piperidine rings is 2. The van der Waals surface area contributed by atoms with Gasteiger partial charge in [-0.3, -0.25) is 43.0 Å². The largest absolute Gasteiger partial charge is 0.488 e. The molecule has 3 fully saturated rings. The third kappa shape index (κ3) is 32.1. The first-order chi connectivity index (χ1) is 61.9. The summed E-state index contributed by atoms with van der Waals surface area (Å²) >= 11 is 0. The molecule has 6 atom stereocenters. The summed E-state index contributed by atoms with van der Waals surface area (Å²) in [4.78, 5) is 88.2. The Morgan fingerprint density at radius 1 is 0.400 bits per heavy atom. The van der Waals surface area contributed by atoms with Crippen molar-refractivity contribution in [3.05, 3.63) is 254 Å². The Kier molecular flexibility index (Phi) is 37.9. The molecule has 35 nitrogen and oxygen atoms in total. The van der Waals surface area contributed by atoms with Crippen LogP contribution in [-0.4, -0.2) is 193 Å². The molecule has 15 rings (SSSR count). The summed E-state index contributed by atoms with van der Waals surface area (Å²) < 4.78 is 150. The quantitative estimate of drug-likeness (QED) is 0.0260. The molecule has 1 aliphatic carbocycles. The monoisotopic (exact) mass is 1840 g/mol. The van der Waals surface area contributed by atoms with Gasteiger partial charge in [-0.25, -0.2) is 53.6 Å². The van der Waals surface area contributed by atoms with Crippen LogP contribution in [0.1, 0.15) is 121 Å². The summed E-state index contributed by atoms with van der Waals surface area (Å²) in [7, 11) is -12.1. The molecule has 3 amide bonds. The standard InChI is InChI=1S/C23H24FN5O3.C23H26N6O3.C22H23FN6O3.3C7H8O3S.CH4/c1-2-31-20-7-4-8-26-23(20)32-19-9-15(11-25-14-19)21-27-12-16(13-28-21)22(30)29-18-6-3-5-17(24)10-18;1-3-31-20-5-4-6-26-23(20)32-19-8-16(10-25-14-19)21-27-11-17(12-28-21)22(30)29-18-7-15(2)9-24-13-18;1-2-31-19-4-3-5-26-22(19)32-18-6-14(8-24-13-18)20-27-9-15(10-28-20)21(30)29-17-7-16(23)11-25-12-17;3*1-6-2-4-7(5-3-6)11(8,9)10;/h4,7-9,11-14,17-18H,2-3,5-6,10H2,1H3,(H,29,30);4-6,8,10-12,14-15,18,24H,3,7,9,13H2,1-2H3,(H,29,30);3-6,8-10,13,16-17,25H,2,7,11-12H2,1H3,(H,29,30);3*2-5H,1H3,(H,8,9,10);1H4/t17-,18-;15-,18-;16-,17-;;;;/m100..../s1. The number of rotatable bonds is 24. The zero-order chi connectivity index (χ0) is 92.5. The predicted octanol–water partition coefficient (Wildman–Crippen LogP) is 13.9. The Morgan fingerprint density at radius 2 is 0.708 bits per heavy atom. The lowest BCUT2D eigenvalue weighted by Crippen LogP contribution is -2.49. The summed E-state index contributed by atoms with van der Waals surface area (Å²) in [6.07, 6.45) is 25.1. The molecule has 0 bridgehead atoms. The number of hydrogen-bond donors (Lipinski definition) is 8. The molecule has 9 aromatic heterocycles. The van der Waals surface area contributed by atoms with E-state index in [9.17, 15) is 48.4 Å². The van der Waals surface area contributed by atoms with Crippen LogP contribution in [0.25, 0.3) is 34.2 Å². The fraction of sp³-hybridized carbons (Fsp3) is 0.300. The van der Waals surface area contributed by atoms with Crippen molar-refractivity contribution in [2.45, 2.75) is 140 Å². The van der Waals surface area contributed by atoms with Crippen molar-refractivity contribution in [3.8, 4) is 86.3 Å². The molecule has 1 saturated carbocycles. The number of nitrogens with one attached hydrogen (secondary N) is 5. The first kappa shape index (κ1) is 100. The minimum Gasteiger partial charge on any atom is -0.488 e. The van der Waals surface area contributed by atoms with Crippen LogP contribution in [0.15, 0.2) is 235 Å². The van der Waals surface area contributed by atoms with Gasteiger partial charge in [-0.05, 0) is 177 Å². The van der Waals surface area contributed by atoms with Crippen molar-refractivity contribution < 1.29 is 90.5 Å². The van der Waals surface area contributed by atoms with Gasteiger partial charge in [-0.2, -0.15) is 25.3 Å². The molecule has 686 valence electrons. The second-order valence-corrected chi connectivity index (χ2v) is 33.5. The average molecular weight is 1840 g/mol. The third-order valence-electron chi connectivity index (χ3n) is 18.8. The Morgan fingerprint density at radius 3 is 1.01 bits per heavy atom. The van der Waals surface area contributed by atoms with Gasteiger partial charge >= 0.3 is 0 Å². The van der Waals surface area contributed by atoms with E-state index in [0.29, 0.717) is 155 Å². The first-order valence-corrected chi connectivity index (χ1v) is 45.0. The van der Waals surface area contributed by atoms with Crippen LogP contribution >= 0.6 is 0 Å². The number of nitrogens with zero attached hydrogens (tertiary/aromatic N) is 12. The zero-order valence-corrected chi connectivity index (χ0v) is 73.7. The molecule has 12 aromatic rings. The smallest absolute Gasteiger partial charge is 0.294 e. The van der Waals surface area contributed by atoms with E-state index in [2.05, 4.69) is 93.3 Å². The van der Waals surface area contributed by atoms with E-state index in [4.69, 9.17) is 42.1 Å². The molecular weight excluding hydrogens is 1740 g/mol. The normalized spacial score (nSPS) is 16.2. The highest BCUT2D eigenvalue weighted by Gasteiger charge is 2.27. The van der Waals surface area contributed by atoms with Gasteiger partial charge in [0.05, 0.1) is 69.8 Å². The van der Waals surface area contributed by atoms with Gasteiger partial charge in [0.15, 0.2) is 34.7 Å². The summed E-state index contributed by atoms with van der Waals surface area (Å²) in [5.41, 5.74) is 5.80.